The Labute approximate surface area is 108 Å². The average molecular weight is 256 g/mol. The lowest BCUT2D eigenvalue weighted by Crippen LogP contribution is -2.14. The average Bonchev–Trinajstić information content (AvgIpc) is 2.81. The van der Waals surface area contributed by atoms with E-state index in [1.807, 2.05) is 30.3 Å². The van der Waals surface area contributed by atoms with E-state index in [-0.39, 0.29) is 5.69 Å². The molecule has 0 saturated carbocycles. The standard InChI is InChI=1S/C13H12N4O2/c18-11(9-4-2-1-3-5-9)8-10-6-7-12-14-15-13(19)17(12)16-10/h1-7,11,18H,8H2,(H,15,19). The van der Waals surface area contributed by atoms with Crippen molar-refractivity contribution in [2.45, 2.75) is 12.5 Å². The number of H-pyrrole nitrogens is 1. The summed E-state index contributed by atoms with van der Waals surface area (Å²) in [5, 5.41) is 20.4. The highest BCUT2D eigenvalue weighted by Gasteiger charge is 2.10. The fraction of sp³-hybridized carbons (Fsp3) is 0.154. The second-order valence-electron chi connectivity index (χ2n) is 4.25. The first-order chi connectivity index (χ1) is 9.24. The highest BCUT2D eigenvalue weighted by atomic mass is 16.3. The van der Waals surface area contributed by atoms with Gasteiger partial charge < -0.3 is 5.11 Å². The summed E-state index contributed by atoms with van der Waals surface area (Å²) in [6, 6.07) is 12.8. The van der Waals surface area contributed by atoms with Crippen molar-refractivity contribution in [2.75, 3.05) is 0 Å². The van der Waals surface area contributed by atoms with E-state index in [2.05, 4.69) is 15.3 Å². The molecule has 2 aromatic heterocycles. The van der Waals surface area contributed by atoms with Crippen molar-refractivity contribution < 1.29 is 5.11 Å². The van der Waals surface area contributed by atoms with E-state index in [9.17, 15) is 9.90 Å². The lowest BCUT2D eigenvalue weighted by atomic mass is 10.1. The fourth-order valence-corrected chi connectivity index (χ4v) is 1.94. The van der Waals surface area contributed by atoms with Crippen molar-refractivity contribution in [1.82, 2.24) is 19.8 Å². The zero-order chi connectivity index (χ0) is 13.2. The summed E-state index contributed by atoms with van der Waals surface area (Å²) in [6.45, 7) is 0. The largest absolute Gasteiger partial charge is 0.388 e. The summed E-state index contributed by atoms with van der Waals surface area (Å²) in [7, 11) is 0. The first-order valence-corrected chi connectivity index (χ1v) is 5.90. The maximum Gasteiger partial charge on any atom is 0.364 e. The quantitative estimate of drug-likeness (QED) is 0.722. The van der Waals surface area contributed by atoms with Crippen molar-refractivity contribution in [2.24, 2.45) is 0 Å². The maximum absolute atomic E-state index is 11.4. The van der Waals surface area contributed by atoms with Crippen molar-refractivity contribution >= 4 is 5.65 Å². The summed E-state index contributed by atoms with van der Waals surface area (Å²) in [5.74, 6) is 0. The van der Waals surface area contributed by atoms with Crippen LogP contribution in [0.2, 0.25) is 0 Å². The number of aromatic nitrogens is 4. The molecule has 6 nitrogen and oxygen atoms in total. The molecule has 0 radical (unpaired) electrons. The van der Waals surface area contributed by atoms with E-state index in [1.165, 1.54) is 4.52 Å². The molecule has 0 spiro atoms. The van der Waals surface area contributed by atoms with Crippen LogP contribution in [-0.4, -0.2) is 24.9 Å². The van der Waals surface area contributed by atoms with Crippen molar-refractivity contribution in [3.05, 3.63) is 64.2 Å². The van der Waals surface area contributed by atoms with E-state index in [1.54, 1.807) is 12.1 Å². The molecule has 2 heterocycles. The van der Waals surface area contributed by atoms with Gasteiger partial charge in [-0.15, -0.1) is 0 Å². The van der Waals surface area contributed by atoms with Gasteiger partial charge in [-0.05, 0) is 17.7 Å². The van der Waals surface area contributed by atoms with Gasteiger partial charge in [0.1, 0.15) is 0 Å². The monoisotopic (exact) mass is 256 g/mol. The van der Waals surface area contributed by atoms with Gasteiger partial charge in [0.25, 0.3) is 0 Å². The van der Waals surface area contributed by atoms with Crippen LogP contribution < -0.4 is 5.69 Å². The van der Waals surface area contributed by atoms with E-state index >= 15 is 0 Å². The summed E-state index contributed by atoms with van der Waals surface area (Å²) in [5.41, 5.74) is 1.53. The Morgan fingerprint density at radius 2 is 2.00 bits per heavy atom. The van der Waals surface area contributed by atoms with Crippen LogP contribution in [0, 0.1) is 0 Å². The van der Waals surface area contributed by atoms with Crippen LogP contribution in [0.4, 0.5) is 0 Å². The third kappa shape index (κ3) is 2.25. The van der Waals surface area contributed by atoms with Gasteiger partial charge in [-0.1, -0.05) is 30.3 Å². The Morgan fingerprint density at radius 1 is 1.21 bits per heavy atom. The molecule has 19 heavy (non-hydrogen) atoms. The molecule has 0 saturated heterocycles. The van der Waals surface area contributed by atoms with Crippen molar-refractivity contribution in [3.8, 4) is 0 Å². The van der Waals surface area contributed by atoms with Gasteiger partial charge in [0.05, 0.1) is 11.8 Å². The molecule has 96 valence electrons. The van der Waals surface area contributed by atoms with Gasteiger partial charge in [-0.3, -0.25) is 0 Å². The van der Waals surface area contributed by atoms with Gasteiger partial charge in [-0.25, -0.2) is 9.89 Å². The zero-order valence-corrected chi connectivity index (χ0v) is 10.0. The van der Waals surface area contributed by atoms with E-state index < -0.39 is 6.10 Å². The van der Waals surface area contributed by atoms with Crippen LogP contribution in [0.15, 0.2) is 47.3 Å². The number of aliphatic hydroxyl groups is 1. The lowest BCUT2D eigenvalue weighted by Gasteiger charge is -2.09. The topological polar surface area (TPSA) is 83.3 Å². The van der Waals surface area contributed by atoms with Crippen LogP contribution in [-0.2, 0) is 6.42 Å². The molecule has 1 unspecified atom stereocenters. The molecule has 3 aromatic rings. The molecule has 1 aromatic carbocycles. The minimum Gasteiger partial charge on any atom is -0.388 e. The van der Waals surface area contributed by atoms with Gasteiger partial charge in [0.2, 0.25) is 0 Å². The van der Waals surface area contributed by atoms with Gasteiger partial charge in [0, 0.05) is 6.42 Å². The second kappa shape index (κ2) is 4.66. The zero-order valence-electron chi connectivity index (χ0n) is 10.0. The van der Waals surface area contributed by atoms with Crippen LogP contribution in [0.1, 0.15) is 17.4 Å². The van der Waals surface area contributed by atoms with Gasteiger partial charge in [-0.2, -0.15) is 14.7 Å². The van der Waals surface area contributed by atoms with Crippen LogP contribution >= 0.6 is 0 Å². The minimum atomic E-state index is -0.645. The second-order valence-corrected chi connectivity index (χ2v) is 4.25. The summed E-state index contributed by atoms with van der Waals surface area (Å²) in [4.78, 5) is 11.4. The number of fused-ring (bicyclic) bond motifs is 1. The van der Waals surface area contributed by atoms with Gasteiger partial charge in [0.15, 0.2) is 5.65 Å². The Hall–Kier alpha value is -2.47. The number of nitrogens with zero attached hydrogens (tertiary/aromatic N) is 3. The third-order valence-corrected chi connectivity index (χ3v) is 2.92. The fourth-order valence-electron chi connectivity index (χ4n) is 1.94. The highest BCUT2D eigenvalue weighted by molar-refractivity contribution is 5.34. The number of nitrogens with one attached hydrogen (secondary N) is 1. The number of hydrogen-bond acceptors (Lipinski definition) is 4. The highest BCUT2D eigenvalue weighted by Crippen LogP contribution is 2.16. The molecule has 0 aliphatic rings. The lowest BCUT2D eigenvalue weighted by molar-refractivity contribution is 0.177. The molecule has 6 heteroatoms. The molecule has 0 aliphatic carbocycles. The van der Waals surface area contributed by atoms with E-state index in [0.717, 1.165) is 5.56 Å². The number of rotatable bonds is 3. The number of benzene rings is 1. The SMILES string of the molecule is O=c1[nH]nc2ccc(CC(O)c3ccccc3)nn12. The molecule has 0 aliphatic heterocycles. The summed E-state index contributed by atoms with van der Waals surface area (Å²) < 4.78 is 1.19. The predicted molar refractivity (Wildman–Crippen MR) is 68.7 cm³/mol. The number of hydrogen-bond donors (Lipinski definition) is 2. The molecular formula is C13H12N4O2. The number of aromatic amines is 1. The molecule has 0 bridgehead atoms. The molecule has 2 N–H and O–H groups in total. The Balaban J connectivity index is 1.89. The molecular weight excluding hydrogens is 244 g/mol. The minimum absolute atomic E-state index is 0.345. The smallest absolute Gasteiger partial charge is 0.364 e. The third-order valence-electron chi connectivity index (χ3n) is 2.92. The van der Waals surface area contributed by atoms with Gasteiger partial charge >= 0.3 is 5.69 Å². The molecule has 3 rings (SSSR count). The summed E-state index contributed by atoms with van der Waals surface area (Å²) >= 11 is 0. The first kappa shape index (κ1) is 11.6. The normalized spacial score (nSPS) is 12.7. The predicted octanol–water partition coefficient (Wildman–Crippen LogP) is 0.694. The van der Waals surface area contributed by atoms with Crippen molar-refractivity contribution in [1.29, 1.82) is 0 Å². The first-order valence-electron chi connectivity index (χ1n) is 5.90. The molecule has 0 fully saturated rings. The van der Waals surface area contributed by atoms with E-state index in [4.69, 9.17) is 0 Å². The Kier molecular flexibility index (Phi) is 2.85. The van der Waals surface area contributed by atoms with Crippen LogP contribution in [0.5, 0.6) is 0 Å². The molecule has 0 amide bonds. The Morgan fingerprint density at radius 3 is 2.79 bits per heavy atom. The molecule has 1 atom stereocenters. The Bertz CT molecular complexity index is 748. The summed E-state index contributed by atoms with van der Waals surface area (Å²) in [6.07, 6.45) is -0.300. The maximum atomic E-state index is 11.4. The van der Waals surface area contributed by atoms with Crippen LogP contribution in [0.3, 0.4) is 0 Å². The van der Waals surface area contributed by atoms with Crippen molar-refractivity contribution in [3.63, 3.8) is 0 Å². The van der Waals surface area contributed by atoms with Crippen LogP contribution in [0.25, 0.3) is 5.65 Å². The number of aliphatic hydroxyl groups excluding tert-OH is 1. The van der Waals surface area contributed by atoms with E-state index in [0.29, 0.717) is 17.8 Å².